The standard InChI is InChI=1S/C10H7ClFN3O2/c1-5-9(15-17-14-5)10(16)13-6-2-3-8(12)7(11)4-6/h2-4H,1H3,(H,13,16). The summed E-state index contributed by atoms with van der Waals surface area (Å²) in [5, 5.41) is 9.35. The lowest BCUT2D eigenvalue weighted by atomic mass is 10.3. The molecule has 17 heavy (non-hydrogen) atoms. The summed E-state index contributed by atoms with van der Waals surface area (Å²) in [4.78, 5) is 11.7. The number of amides is 1. The van der Waals surface area contributed by atoms with E-state index in [1.807, 2.05) is 0 Å². The first-order chi connectivity index (χ1) is 8.08. The van der Waals surface area contributed by atoms with Crippen molar-refractivity contribution in [3.8, 4) is 0 Å². The molecule has 1 amide bonds. The fraction of sp³-hybridized carbons (Fsp3) is 0.100. The molecule has 2 aromatic rings. The highest BCUT2D eigenvalue weighted by Gasteiger charge is 2.15. The zero-order valence-corrected chi connectivity index (χ0v) is 9.45. The molecule has 0 saturated heterocycles. The topological polar surface area (TPSA) is 68.0 Å². The van der Waals surface area contributed by atoms with Gasteiger partial charge in [-0.2, -0.15) is 0 Å². The highest BCUT2D eigenvalue weighted by atomic mass is 35.5. The van der Waals surface area contributed by atoms with Crippen molar-refractivity contribution in [2.45, 2.75) is 6.92 Å². The number of halogens is 2. The lowest BCUT2D eigenvalue weighted by Crippen LogP contribution is -2.13. The fourth-order valence-electron chi connectivity index (χ4n) is 1.20. The Kier molecular flexibility index (Phi) is 3.06. The number of hydrogen-bond acceptors (Lipinski definition) is 4. The molecule has 0 fully saturated rings. The molecule has 0 atom stereocenters. The molecule has 0 aliphatic heterocycles. The Morgan fingerprint density at radius 1 is 1.47 bits per heavy atom. The second kappa shape index (κ2) is 4.50. The van der Waals surface area contributed by atoms with Crippen LogP contribution in [0.25, 0.3) is 0 Å². The monoisotopic (exact) mass is 255 g/mol. The van der Waals surface area contributed by atoms with Crippen molar-refractivity contribution in [2.24, 2.45) is 0 Å². The zero-order chi connectivity index (χ0) is 12.4. The molecule has 1 aromatic carbocycles. The van der Waals surface area contributed by atoms with Crippen molar-refractivity contribution in [1.29, 1.82) is 0 Å². The van der Waals surface area contributed by atoms with Gasteiger partial charge in [0.2, 0.25) is 0 Å². The summed E-state index contributed by atoms with van der Waals surface area (Å²) in [5.41, 5.74) is 0.810. The largest absolute Gasteiger partial charge is 0.320 e. The number of anilines is 1. The van der Waals surface area contributed by atoms with Crippen LogP contribution in [0.15, 0.2) is 22.8 Å². The first-order valence-electron chi connectivity index (χ1n) is 4.63. The Labute approximate surface area is 101 Å². The molecule has 1 aromatic heterocycles. The predicted molar refractivity (Wildman–Crippen MR) is 58.4 cm³/mol. The van der Waals surface area contributed by atoms with Crippen molar-refractivity contribution in [2.75, 3.05) is 5.32 Å². The van der Waals surface area contributed by atoms with E-state index in [0.29, 0.717) is 11.4 Å². The van der Waals surface area contributed by atoms with E-state index < -0.39 is 11.7 Å². The van der Waals surface area contributed by atoms with E-state index in [9.17, 15) is 9.18 Å². The van der Waals surface area contributed by atoms with E-state index in [2.05, 4.69) is 20.3 Å². The van der Waals surface area contributed by atoms with Crippen LogP contribution < -0.4 is 5.32 Å². The van der Waals surface area contributed by atoms with Gasteiger partial charge in [0.1, 0.15) is 11.5 Å². The number of hydrogen-bond donors (Lipinski definition) is 1. The van der Waals surface area contributed by atoms with Gasteiger partial charge in [-0.15, -0.1) is 0 Å². The molecule has 88 valence electrons. The van der Waals surface area contributed by atoms with Crippen LogP contribution >= 0.6 is 11.6 Å². The van der Waals surface area contributed by atoms with E-state index in [4.69, 9.17) is 11.6 Å². The summed E-state index contributed by atoms with van der Waals surface area (Å²) in [5.74, 6) is -1.05. The lowest BCUT2D eigenvalue weighted by Gasteiger charge is -2.03. The molecular weight excluding hydrogens is 249 g/mol. The summed E-state index contributed by atoms with van der Waals surface area (Å²) < 4.78 is 17.3. The summed E-state index contributed by atoms with van der Waals surface area (Å²) >= 11 is 5.58. The van der Waals surface area contributed by atoms with Crippen LogP contribution in [0.2, 0.25) is 5.02 Å². The molecule has 0 spiro atoms. The summed E-state index contributed by atoms with van der Waals surface area (Å²) in [6, 6.07) is 3.85. The molecule has 0 aliphatic rings. The number of aromatic nitrogens is 2. The molecule has 5 nitrogen and oxygen atoms in total. The maximum Gasteiger partial charge on any atom is 0.279 e. The molecule has 0 aliphatic carbocycles. The molecule has 7 heteroatoms. The zero-order valence-electron chi connectivity index (χ0n) is 8.70. The number of carbonyl (C=O) groups excluding carboxylic acids is 1. The van der Waals surface area contributed by atoms with Crippen LogP contribution in [0.1, 0.15) is 16.2 Å². The number of nitrogens with zero attached hydrogens (tertiary/aromatic N) is 2. The maximum absolute atomic E-state index is 12.9. The van der Waals surface area contributed by atoms with E-state index in [-0.39, 0.29) is 10.7 Å². The van der Waals surface area contributed by atoms with Gasteiger partial charge in [0.25, 0.3) is 5.91 Å². The minimum Gasteiger partial charge on any atom is -0.320 e. The van der Waals surface area contributed by atoms with Crippen LogP contribution in [0.4, 0.5) is 10.1 Å². The fourth-order valence-corrected chi connectivity index (χ4v) is 1.38. The molecule has 0 bridgehead atoms. The molecule has 0 saturated carbocycles. The quantitative estimate of drug-likeness (QED) is 0.895. The van der Waals surface area contributed by atoms with Gasteiger partial charge < -0.3 is 5.32 Å². The number of nitrogens with one attached hydrogen (secondary N) is 1. The third-order valence-corrected chi connectivity index (χ3v) is 2.33. The van der Waals surface area contributed by atoms with Gasteiger partial charge >= 0.3 is 0 Å². The van der Waals surface area contributed by atoms with Gasteiger partial charge in [0, 0.05) is 5.69 Å². The predicted octanol–water partition coefficient (Wildman–Crippen LogP) is 2.42. The molecular formula is C10H7ClFN3O2. The second-order valence-electron chi connectivity index (χ2n) is 3.28. The van der Waals surface area contributed by atoms with Gasteiger partial charge in [0.15, 0.2) is 5.69 Å². The Morgan fingerprint density at radius 2 is 2.24 bits per heavy atom. The first-order valence-corrected chi connectivity index (χ1v) is 5.01. The number of rotatable bonds is 2. The molecule has 0 unspecified atom stereocenters. The second-order valence-corrected chi connectivity index (χ2v) is 3.69. The maximum atomic E-state index is 12.9. The van der Waals surface area contributed by atoms with Gasteiger partial charge in [-0.3, -0.25) is 4.79 Å². The normalized spacial score (nSPS) is 10.3. The van der Waals surface area contributed by atoms with E-state index in [1.54, 1.807) is 6.92 Å². The molecule has 1 N–H and O–H groups in total. The van der Waals surface area contributed by atoms with Crippen molar-refractivity contribution in [3.63, 3.8) is 0 Å². The average Bonchev–Trinajstić information content (AvgIpc) is 2.70. The Morgan fingerprint density at radius 3 is 2.82 bits per heavy atom. The van der Waals surface area contributed by atoms with Gasteiger partial charge in [-0.1, -0.05) is 16.8 Å². The highest BCUT2D eigenvalue weighted by molar-refractivity contribution is 6.31. The molecule has 2 rings (SSSR count). The van der Waals surface area contributed by atoms with Crippen LogP contribution in [0.3, 0.4) is 0 Å². The van der Waals surface area contributed by atoms with Crippen molar-refractivity contribution in [1.82, 2.24) is 10.3 Å². The third-order valence-electron chi connectivity index (χ3n) is 2.05. The Balaban J connectivity index is 2.19. The van der Waals surface area contributed by atoms with E-state index >= 15 is 0 Å². The van der Waals surface area contributed by atoms with E-state index in [0.717, 1.165) is 6.07 Å². The number of carbonyl (C=O) groups is 1. The van der Waals surface area contributed by atoms with Crippen LogP contribution in [-0.2, 0) is 0 Å². The summed E-state index contributed by atoms with van der Waals surface area (Å²) in [6.07, 6.45) is 0. The number of aryl methyl sites for hydroxylation is 1. The van der Waals surface area contributed by atoms with Crippen LogP contribution in [0.5, 0.6) is 0 Å². The van der Waals surface area contributed by atoms with Gasteiger partial charge in [-0.25, -0.2) is 9.02 Å². The smallest absolute Gasteiger partial charge is 0.279 e. The average molecular weight is 256 g/mol. The van der Waals surface area contributed by atoms with Crippen molar-refractivity contribution < 1.29 is 13.8 Å². The minimum atomic E-state index is -0.552. The first kappa shape index (κ1) is 11.5. The SMILES string of the molecule is Cc1nonc1C(=O)Nc1ccc(F)c(Cl)c1. The lowest BCUT2D eigenvalue weighted by molar-refractivity contribution is 0.101. The summed E-state index contributed by atoms with van der Waals surface area (Å²) in [7, 11) is 0. The number of benzene rings is 1. The summed E-state index contributed by atoms with van der Waals surface area (Å²) in [6.45, 7) is 1.59. The van der Waals surface area contributed by atoms with Gasteiger partial charge in [-0.05, 0) is 30.3 Å². The van der Waals surface area contributed by atoms with Crippen molar-refractivity contribution >= 4 is 23.2 Å². The molecule has 0 radical (unpaired) electrons. The van der Waals surface area contributed by atoms with E-state index in [1.165, 1.54) is 12.1 Å². The van der Waals surface area contributed by atoms with Crippen LogP contribution in [0, 0.1) is 12.7 Å². The third kappa shape index (κ3) is 2.42. The Hall–Kier alpha value is -1.95. The minimum absolute atomic E-state index is 0.0715. The molecule has 1 heterocycles. The highest BCUT2D eigenvalue weighted by Crippen LogP contribution is 2.19. The Bertz CT molecular complexity index is 570. The van der Waals surface area contributed by atoms with Crippen LogP contribution in [-0.4, -0.2) is 16.2 Å². The van der Waals surface area contributed by atoms with Crippen molar-refractivity contribution in [3.05, 3.63) is 40.4 Å². The van der Waals surface area contributed by atoms with Gasteiger partial charge in [0.05, 0.1) is 5.02 Å².